The third-order valence-electron chi connectivity index (χ3n) is 4.26. The maximum atomic E-state index is 12.5. The normalized spacial score (nSPS) is 27.4. The van der Waals surface area contributed by atoms with Gasteiger partial charge < -0.3 is 9.32 Å². The van der Waals surface area contributed by atoms with Gasteiger partial charge >= 0.3 is 5.91 Å². The Morgan fingerprint density at radius 1 is 1.30 bits per heavy atom. The van der Waals surface area contributed by atoms with E-state index in [1.807, 2.05) is 4.90 Å². The number of rotatable bonds is 1. The second kappa shape index (κ2) is 5.20. The number of fused-ring (bicyclic) bond motifs is 1. The lowest BCUT2D eigenvalue weighted by molar-refractivity contribution is 0.0581. The Morgan fingerprint density at radius 2 is 2.00 bits per heavy atom. The Bertz CT molecular complexity index is 501. The minimum absolute atomic E-state index is 0.0412. The molecule has 2 atom stereocenters. The van der Waals surface area contributed by atoms with E-state index in [1.54, 1.807) is 0 Å². The molecule has 3 heterocycles. The van der Waals surface area contributed by atoms with Crippen LogP contribution >= 0.6 is 0 Å². The van der Waals surface area contributed by atoms with Gasteiger partial charge in [-0.25, -0.2) is 4.98 Å². The average Bonchev–Trinajstić information content (AvgIpc) is 2.79. The molecule has 1 aromatic heterocycles. The highest BCUT2D eigenvalue weighted by molar-refractivity contribution is 5.89. The van der Waals surface area contributed by atoms with Crippen molar-refractivity contribution in [2.24, 2.45) is 11.8 Å². The number of hydrogen-bond acceptors (Lipinski definition) is 4. The molecule has 0 saturated carbocycles. The van der Waals surface area contributed by atoms with E-state index in [0.29, 0.717) is 11.8 Å². The summed E-state index contributed by atoms with van der Waals surface area (Å²) in [6, 6.07) is 0. The molecule has 0 spiro atoms. The minimum atomic E-state index is -0.0412. The van der Waals surface area contributed by atoms with E-state index in [1.165, 1.54) is 6.42 Å². The zero-order valence-corrected chi connectivity index (χ0v) is 12.6. The number of piperidine rings is 1. The van der Waals surface area contributed by atoms with Crippen LogP contribution in [0.1, 0.15) is 42.4 Å². The molecule has 0 N–H and O–H groups in total. The van der Waals surface area contributed by atoms with Gasteiger partial charge in [0.25, 0.3) is 5.89 Å². The van der Waals surface area contributed by atoms with Gasteiger partial charge in [-0.1, -0.05) is 13.8 Å². The number of carbonyl (C=O) groups is 1. The number of aromatic nitrogens is 1. The molecule has 0 aliphatic carbocycles. The molecule has 2 aliphatic rings. The number of likely N-dealkylation sites (N-methyl/N-ethyl adjacent to an activating group) is 1. The lowest BCUT2D eigenvalue weighted by Crippen LogP contribution is -2.42. The summed E-state index contributed by atoms with van der Waals surface area (Å²) in [6.45, 7) is 7.77. The van der Waals surface area contributed by atoms with Crippen LogP contribution in [0.2, 0.25) is 0 Å². The van der Waals surface area contributed by atoms with Gasteiger partial charge in [0.1, 0.15) is 5.76 Å². The van der Waals surface area contributed by atoms with Gasteiger partial charge in [-0.15, -0.1) is 0 Å². The Kier molecular flexibility index (Phi) is 3.54. The lowest BCUT2D eigenvalue weighted by atomic mass is 9.92. The van der Waals surface area contributed by atoms with E-state index in [9.17, 15) is 4.79 Å². The van der Waals surface area contributed by atoms with Gasteiger partial charge in [-0.3, -0.25) is 9.69 Å². The first-order valence-corrected chi connectivity index (χ1v) is 7.49. The molecule has 20 heavy (non-hydrogen) atoms. The number of likely N-dealkylation sites (tertiary alicyclic amines) is 1. The second-order valence-corrected chi connectivity index (χ2v) is 6.53. The van der Waals surface area contributed by atoms with Crippen LogP contribution in [-0.2, 0) is 13.0 Å². The summed E-state index contributed by atoms with van der Waals surface area (Å²) in [5, 5.41) is 0. The van der Waals surface area contributed by atoms with Gasteiger partial charge in [-0.05, 0) is 25.3 Å². The summed E-state index contributed by atoms with van der Waals surface area (Å²) in [6.07, 6.45) is 2.04. The first-order chi connectivity index (χ1) is 9.52. The zero-order chi connectivity index (χ0) is 14.3. The molecule has 110 valence electrons. The minimum Gasteiger partial charge on any atom is -0.437 e. The standard InChI is InChI=1S/C15H23N3O2/c1-10-6-11(2)8-18(7-10)15(19)14-16-12-9-17(3)5-4-13(12)20-14/h10-11H,4-9H2,1-3H3/t10-,11-/m1/s1. The summed E-state index contributed by atoms with van der Waals surface area (Å²) in [5.74, 6) is 2.24. The zero-order valence-electron chi connectivity index (χ0n) is 12.6. The van der Waals surface area contributed by atoms with Crippen LogP contribution in [0, 0.1) is 11.8 Å². The summed E-state index contributed by atoms with van der Waals surface area (Å²) in [7, 11) is 2.06. The largest absolute Gasteiger partial charge is 0.437 e. The topological polar surface area (TPSA) is 49.6 Å². The third kappa shape index (κ3) is 2.59. The van der Waals surface area contributed by atoms with Crippen molar-refractivity contribution in [2.75, 3.05) is 26.7 Å². The van der Waals surface area contributed by atoms with Crippen LogP contribution in [0.25, 0.3) is 0 Å². The number of oxazole rings is 1. The molecule has 1 fully saturated rings. The van der Waals surface area contributed by atoms with Crippen LogP contribution in [0.15, 0.2) is 4.42 Å². The highest BCUT2D eigenvalue weighted by atomic mass is 16.4. The second-order valence-electron chi connectivity index (χ2n) is 6.53. The van der Waals surface area contributed by atoms with Crippen molar-refractivity contribution in [1.82, 2.24) is 14.8 Å². The van der Waals surface area contributed by atoms with Gasteiger partial charge in [0.2, 0.25) is 0 Å². The van der Waals surface area contributed by atoms with Crippen molar-refractivity contribution in [3.05, 3.63) is 17.3 Å². The maximum absolute atomic E-state index is 12.5. The van der Waals surface area contributed by atoms with E-state index >= 15 is 0 Å². The first-order valence-electron chi connectivity index (χ1n) is 7.49. The lowest BCUT2D eigenvalue weighted by Gasteiger charge is -2.34. The molecular formula is C15H23N3O2. The van der Waals surface area contributed by atoms with Crippen LogP contribution < -0.4 is 0 Å². The fourth-order valence-electron chi connectivity index (χ4n) is 3.38. The number of amides is 1. The molecule has 1 saturated heterocycles. The van der Waals surface area contributed by atoms with E-state index < -0.39 is 0 Å². The molecule has 0 unspecified atom stereocenters. The fraction of sp³-hybridized carbons (Fsp3) is 0.733. The SMILES string of the molecule is C[C@@H]1C[C@@H](C)CN(C(=O)c2nc3c(o2)CCN(C)C3)C1. The molecule has 1 amide bonds. The molecule has 0 aromatic carbocycles. The Labute approximate surface area is 119 Å². The fourth-order valence-corrected chi connectivity index (χ4v) is 3.38. The van der Waals surface area contributed by atoms with E-state index in [4.69, 9.17) is 4.42 Å². The van der Waals surface area contributed by atoms with E-state index in [0.717, 1.165) is 44.1 Å². The number of hydrogen-bond donors (Lipinski definition) is 0. The molecule has 5 nitrogen and oxygen atoms in total. The first kappa shape index (κ1) is 13.6. The predicted octanol–water partition coefficient (Wildman–Crippen LogP) is 1.78. The Balaban J connectivity index is 1.77. The van der Waals surface area contributed by atoms with E-state index in [2.05, 4.69) is 30.8 Å². The van der Waals surface area contributed by atoms with Crippen molar-refractivity contribution in [2.45, 2.75) is 33.2 Å². The summed E-state index contributed by atoms with van der Waals surface area (Å²) < 4.78 is 5.71. The molecule has 5 heteroatoms. The molecule has 0 radical (unpaired) electrons. The summed E-state index contributed by atoms with van der Waals surface area (Å²) >= 11 is 0. The van der Waals surface area contributed by atoms with Crippen LogP contribution in [0.4, 0.5) is 0 Å². The molecule has 2 aliphatic heterocycles. The van der Waals surface area contributed by atoms with Crippen molar-refractivity contribution in [1.29, 1.82) is 0 Å². The average molecular weight is 277 g/mol. The van der Waals surface area contributed by atoms with Gasteiger partial charge in [0.05, 0.1) is 5.69 Å². The van der Waals surface area contributed by atoms with Crippen LogP contribution in [-0.4, -0.2) is 47.4 Å². The summed E-state index contributed by atoms with van der Waals surface area (Å²) in [5.41, 5.74) is 0.931. The maximum Gasteiger partial charge on any atom is 0.309 e. The Hall–Kier alpha value is -1.36. The number of nitrogens with zero attached hydrogens (tertiary/aromatic N) is 3. The number of carbonyl (C=O) groups excluding carboxylic acids is 1. The molecule has 3 rings (SSSR count). The van der Waals surface area contributed by atoms with Crippen molar-refractivity contribution < 1.29 is 9.21 Å². The smallest absolute Gasteiger partial charge is 0.309 e. The molecular weight excluding hydrogens is 254 g/mol. The van der Waals surface area contributed by atoms with E-state index in [-0.39, 0.29) is 11.8 Å². The highest BCUT2D eigenvalue weighted by Crippen LogP contribution is 2.24. The van der Waals surface area contributed by atoms with Crippen LogP contribution in [0.3, 0.4) is 0 Å². The quantitative estimate of drug-likeness (QED) is 0.785. The predicted molar refractivity (Wildman–Crippen MR) is 75.4 cm³/mol. The molecule has 0 bridgehead atoms. The third-order valence-corrected chi connectivity index (χ3v) is 4.26. The Morgan fingerprint density at radius 3 is 2.70 bits per heavy atom. The van der Waals surface area contributed by atoms with Crippen LogP contribution in [0.5, 0.6) is 0 Å². The van der Waals surface area contributed by atoms with Gasteiger partial charge in [0.15, 0.2) is 0 Å². The van der Waals surface area contributed by atoms with Crippen molar-refractivity contribution in [3.8, 4) is 0 Å². The van der Waals surface area contributed by atoms with Gasteiger partial charge in [-0.2, -0.15) is 0 Å². The van der Waals surface area contributed by atoms with Gasteiger partial charge in [0, 0.05) is 32.6 Å². The molecule has 1 aromatic rings. The summed E-state index contributed by atoms with van der Waals surface area (Å²) in [4.78, 5) is 21.1. The van der Waals surface area contributed by atoms with Crippen molar-refractivity contribution >= 4 is 5.91 Å². The highest BCUT2D eigenvalue weighted by Gasteiger charge is 2.30. The monoisotopic (exact) mass is 277 g/mol. The van der Waals surface area contributed by atoms with Crippen molar-refractivity contribution in [3.63, 3.8) is 0 Å².